The number of rotatable bonds is 6. The quantitative estimate of drug-likeness (QED) is 0.465. The Bertz CT molecular complexity index is 944. The number of carbonyl (C=O) groups is 1. The molecular weight excluding hydrogens is 367 g/mol. The van der Waals surface area contributed by atoms with E-state index in [1.165, 1.54) is 23.6 Å². The summed E-state index contributed by atoms with van der Waals surface area (Å²) in [4.78, 5) is 16.3. The van der Waals surface area contributed by atoms with Gasteiger partial charge in [-0.3, -0.25) is 10.7 Å². The minimum Gasteiger partial charge on any atom is -0.450 e. The number of benzene rings is 2. The first-order valence-corrected chi connectivity index (χ1v) is 9.02. The average Bonchev–Trinajstić information content (AvgIpc) is 3.07. The van der Waals surface area contributed by atoms with Gasteiger partial charge in [-0.1, -0.05) is 59.9 Å². The molecule has 0 atom stereocenters. The highest BCUT2D eigenvalue weighted by atomic mass is 32.1. The number of hydrazone groups is 1. The molecule has 27 heavy (non-hydrogen) atoms. The van der Waals surface area contributed by atoms with Crippen molar-refractivity contribution in [2.75, 3.05) is 17.3 Å². The summed E-state index contributed by atoms with van der Waals surface area (Å²) in [5.74, 6) is -0.364. The van der Waals surface area contributed by atoms with Crippen LogP contribution in [0.2, 0.25) is 0 Å². The van der Waals surface area contributed by atoms with Crippen LogP contribution < -0.4 is 10.7 Å². The molecule has 6 nitrogen and oxygen atoms in total. The third kappa shape index (κ3) is 4.89. The number of ether oxygens (including phenoxy) is 1. The third-order valence-corrected chi connectivity index (χ3v) is 4.31. The van der Waals surface area contributed by atoms with Gasteiger partial charge in [-0.05, 0) is 13.0 Å². The molecule has 0 bridgehead atoms. The Morgan fingerprint density at radius 1 is 1.22 bits per heavy atom. The molecule has 0 unspecified atom stereocenters. The lowest BCUT2D eigenvalue weighted by molar-refractivity contribution is 0.168. The second kappa shape index (κ2) is 8.91. The highest BCUT2D eigenvalue weighted by molar-refractivity contribution is 7.20. The van der Waals surface area contributed by atoms with Crippen LogP contribution in [0.4, 0.5) is 19.3 Å². The molecule has 8 heteroatoms. The van der Waals surface area contributed by atoms with Gasteiger partial charge in [-0.15, -0.1) is 0 Å². The van der Waals surface area contributed by atoms with Gasteiger partial charge in [0, 0.05) is 11.1 Å². The van der Waals surface area contributed by atoms with Gasteiger partial charge < -0.3 is 4.74 Å². The van der Waals surface area contributed by atoms with E-state index in [2.05, 4.69) is 20.8 Å². The number of nitrogens with one attached hydrogen (secondary N) is 2. The molecule has 0 aliphatic heterocycles. The standard InChI is InChI=1S/C19H17FN4O2S/c1-2-26-19(25)23-17-16(13-8-4-3-5-9-13)22-18(27-17)24-21-12-14-10-6-7-11-15(14)20/h3-12H,2H2,1H3,(H,22,24)(H,23,25)/b21-12+. The molecule has 0 saturated carbocycles. The second-order valence-electron chi connectivity index (χ2n) is 5.30. The monoisotopic (exact) mass is 384 g/mol. The fourth-order valence-corrected chi connectivity index (χ4v) is 3.06. The fraction of sp³-hybridized carbons (Fsp3) is 0.105. The van der Waals surface area contributed by atoms with Gasteiger partial charge in [0.2, 0.25) is 5.13 Å². The molecule has 1 amide bonds. The molecule has 1 aromatic heterocycles. The van der Waals surface area contributed by atoms with Gasteiger partial charge in [0.05, 0.1) is 12.8 Å². The van der Waals surface area contributed by atoms with Crippen molar-refractivity contribution in [3.63, 3.8) is 0 Å². The van der Waals surface area contributed by atoms with E-state index in [0.29, 0.717) is 21.4 Å². The van der Waals surface area contributed by atoms with Gasteiger partial charge in [0.25, 0.3) is 0 Å². The van der Waals surface area contributed by atoms with Gasteiger partial charge in [0.15, 0.2) is 0 Å². The number of carbonyl (C=O) groups excluding carboxylic acids is 1. The lowest BCUT2D eigenvalue weighted by Gasteiger charge is -2.04. The number of nitrogens with zero attached hydrogens (tertiary/aromatic N) is 2. The Hall–Kier alpha value is -3.26. The van der Waals surface area contributed by atoms with Gasteiger partial charge >= 0.3 is 6.09 Å². The van der Waals surface area contributed by atoms with E-state index >= 15 is 0 Å². The van der Waals surface area contributed by atoms with Crippen LogP contribution in [0.5, 0.6) is 0 Å². The maximum Gasteiger partial charge on any atom is 0.412 e. The van der Waals surface area contributed by atoms with Crippen LogP contribution in [0, 0.1) is 5.82 Å². The van der Waals surface area contributed by atoms with E-state index < -0.39 is 6.09 Å². The number of aromatic nitrogens is 1. The molecule has 2 aromatic carbocycles. The summed E-state index contributed by atoms with van der Waals surface area (Å²) in [6, 6.07) is 15.7. The van der Waals surface area contributed by atoms with E-state index in [1.54, 1.807) is 25.1 Å². The molecule has 2 N–H and O–H groups in total. The number of amides is 1. The van der Waals surface area contributed by atoms with Gasteiger partial charge in [0.1, 0.15) is 16.5 Å². The SMILES string of the molecule is CCOC(=O)Nc1sc(N/N=C/c2ccccc2F)nc1-c1ccccc1. The molecular formula is C19H17FN4O2S. The zero-order valence-electron chi connectivity index (χ0n) is 14.5. The van der Waals surface area contributed by atoms with Crippen molar-refractivity contribution in [3.8, 4) is 11.3 Å². The minimum atomic E-state index is -0.556. The van der Waals surface area contributed by atoms with Crippen molar-refractivity contribution in [2.45, 2.75) is 6.92 Å². The summed E-state index contributed by atoms with van der Waals surface area (Å²) in [6.45, 7) is 2.00. The number of halogens is 1. The first-order chi connectivity index (χ1) is 13.2. The Kier molecular flexibility index (Phi) is 6.11. The van der Waals surface area contributed by atoms with E-state index in [4.69, 9.17) is 4.74 Å². The summed E-state index contributed by atoms with van der Waals surface area (Å²) >= 11 is 1.21. The lowest BCUT2D eigenvalue weighted by Crippen LogP contribution is -2.12. The van der Waals surface area contributed by atoms with Crippen LogP contribution in [0.3, 0.4) is 0 Å². The summed E-state index contributed by atoms with van der Waals surface area (Å²) < 4.78 is 18.6. The normalized spacial score (nSPS) is 10.7. The number of hydrogen-bond acceptors (Lipinski definition) is 6. The van der Waals surface area contributed by atoms with Crippen LogP contribution in [0.1, 0.15) is 12.5 Å². The Balaban J connectivity index is 1.82. The van der Waals surface area contributed by atoms with Crippen molar-refractivity contribution in [1.29, 1.82) is 0 Å². The molecule has 0 aliphatic rings. The average molecular weight is 384 g/mol. The van der Waals surface area contributed by atoms with Gasteiger partial charge in [-0.2, -0.15) is 5.10 Å². The van der Waals surface area contributed by atoms with Crippen molar-refractivity contribution >= 4 is 33.8 Å². The lowest BCUT2D eigenvalue weighted by atomic mass is 10.2. The maximum atomic E-state index is 13.6. The molecule has 0 aliphatic carbocycles. The molecule has 3 aromatic rings. The zero-order valence-corrected chi connectivity index (χ0v) is 15.3. The smallest absolute Gasteiger partial charge is 0.412 e. The third-order valence-electron chi connectivity index (χ3n) is 3.43. The Morgan fingerprint density at radius 3 is 2.70 bits per heavy atom. The van der Waals surface area contributed by atoms with Gasteiger partial charge in [-0.25, -0.2) is 14.2 Å². The molecule has 138 valence electrons. The largest absolute Gasteiger partial charge is 0.450 e. The van der Waals surface area contributed by atoms with Crippen molar-refractivity contribution in [1.82, 2.24) is 4.98 Å². The van der Waals surface area contributed by atoms with Crippen molar-refractivity contribution in [3.05, 3.63) is 66.0 Å². The fourth-order valence-electron chi connectivity index (χ4n) is 2.24. The summed E-state index contributed by atoms with van der Waals surface area (Å²) in [7, 11) is 0. The number of thiazole rings is 1. The Labute approximate surface area is 159 Å². The highest BCUT2D eigenvalue weighted by Gasteiger charge is 2.15. The highest BCUT2D eigenvalue weighted by Crippen LogP contribution is 2.35. The molecule has 0 fully saturated rings. The van der Waals surface area contributed by atoms with E-state index in [-0.39, 0.29) is 12.4 Å². The molecule has 3 rings (SSSR count). The molecule has 0 spiro atoms. The first-order valence-electron chi connectivity index (χ1n) is 8.21. The first kappa shape index (κ1) is 18.5. The van der Waals surface area contributed by atoms with Crippen LogP contribution in [-0.4, -0.2) is 23.9 Å². The second-order valence-corrected chi connectivity index (χ2v) is 6.30. The van der Waals surface area contributed by atoms with Crippen molar-refractivity contribution < 1.29 is 13.9 Å². The summed E-state index contributed by atoms with van der Waals surface area (Å²) in [5.41, 5.74) is 4.56. The number of anilines is 2. The van der Waals surface area contributed by atoms with Crippen LogP contribution in [-0.2, 0) is 4.74 Å². The molecule has 1 heterocycles. The molecule has 0 saturated heterocycles. The minimum absolute atomic E-state index is 0.267. The maximum absolute atomic E-state index is 13.6. The molecule has 0 radical (unpaired) electrons. The zero-order chi connectivity index (χ0) is 19.1. The van der Waals surface area contributed by atoms with Crippen LogP contribution in [0.25, 0.3) is 11.3 Å². The predicted octanol–water partition coefficient (Wildman–Crippen LogP) is 4.96. The van der Waals surface area contributed by atoms with Crippen LogP contribution in [0.15, 0.2) is 59.7 Å². The van der Waals surface area contributed by atoms with E-state index in [1.807, 2.05) is 30.3 Å². The summed E-state index contributed by atoms with van der Waals surface area (Å²) in [6.07, 6.45) is 0.817. The van der Waals surface area contributed by atoms with Crippen LogP contribution >= 0.6 is 11.3 Å². The topological polar surface area (TPSA) is 75.6 Å². The Morgan fingerprint density at radius 2 is 1.96 bits per heavy atom. The van der Waals surface area contributed by atoms with Crippen molar-refractivity contribution in [2.24, 2.45) is 5.10 Å². The van der Waals surface area contributed by atoms with E-state index in [9.17, 15) is 9.18 Å². The number of hydrogen-bond donors (Lipinski definition) is 2. The predicted molar refractivity (Wildman–Crippen MR) is 106 cm³/mol. The van der Waals surface area contributed by atoms with E-state index in [0.717, 1.165) is 5.56 Å². The summed E-state index contributed by atoms with van der Waals surface area (Å²) in [5, 5.41) is 7.70.